The summed E-state index contributed by atoms with van der Waals surface area (Å²) in [6, 6.07) is 9.55. The Bertz CT molecular complexity index is 716. The average molecular weight is 325 g/mol. The fourth-order valence-corrected chi connectivity index (χ4v) is 3.37. The van der Waals surface area contributed by atoms with Gasteiger partial charge in [-0.2, -0.15) is 0 Å². The van der Waals surface area contributed by atoms with Gasteiger partial charge in [-0.15, -0.1) is 0 Å². The fourth-order valence-electron chi connectivity index (χ4n) is 3.37. The lowest BCUT2D eigenvalue weighted by molar-refractivity contribution is 0.0951. The summed E-state index contributed by atoms with van der Waals surface area (Å²) < 4.78 is 0. The number of aromatic amines is 1. The van der Waals surface area contributed by atoms with Crippen LogP contribution < -0.4 is 10.6 Å². The van der Waals surface area contributed by atoms with Crippen LogP contribution in [-0.2, 0) is 0 Å². The maximum atomic E-state index is 12.7. The number of hydrogen-bond donors (Lipinski definition) is 3. The standard InChI is InChI=1S/C19H23N3O2/c1-13-17(19(24)21-10-8-14-7-9-20-11-14)18(16(12-23)22-13)15-5-3-2-4-6-15/h2-6,12,14,20,22H,7-11H2,1H3,(H,21,24). The van der Waals surface area contributed by atoms with E-state index in [-0.39, 0.29) is 5.91 Å². The van der Waals surface area contributed by atoms with Crippen molar-refractivity contribution >= 4 is 12.2 Å². The zero-order valence-electron chi connectivity index (χ0n) is 13.9. The van der Waals surface area contributed by atoms with Gasteiger partial charge >= 0.3 is 0 Å². The second kappa shape index (κ2) is 7.45. The van der Waals surface area contributed by atoms with Gasteiger partial charge in [-0.05, 0) is 44.3 Å². The maximum absolute atomic E-state index is 12.7. The van der Waals surface area contributed by atoms with E-state index in [9.17, 15) is 9.59 Å². The molecule has 0 saturated carbocycles. The molecule has 1 atom stereocenters. The minimum Gasteiger partial charge on any atom is -0.355 e. The molecule has 5 heteroatoms. The molecule has 1 unspecified atom stereocenters. The smallest absolute Gasteiger partial charge is 0.253 e. The van der Waals surface area contributed by atoms with E-state index in [0.717, 1.165) is 37.1 Å². The summed E-state index contributed by atoms with van der Waals surface area (Å²) in [4.78, 5) is 27.1. The van der Waals surface area contributed by atoms with E-state index in [1.807, 2.05) is 37.3 Å². The summed E-state index contributed by atoms with van der Waals surface area (Å²) >= 11 is 0. The van der Waals surface area contributed by atoms with Crippen LogP contribution in [0.2, 0.25) is 0 Å². The Morgan fingerprint density at radius 2 is 2.12 bits per heavy atom. The van der Waals surface area contributed by atoms with Crippen molar-refractivity contribution < 1.29 is 9.59 Å². The molecule has 2 heterocycles. The van der Waals surface area contributed by atoms with Gasteiger partial charge < -0.3 is 15.6 Å². The Morgan fingerprint density at radius 3 is 2.79 bits per heavy atom. The van der Waals surface area contributed by atoms with Gasteiger partial charge in [-0.25, -0.2) is 0 Å². The van der Waals surface area contributed by atoms with E-state index in [2.05, 4.69) is 15.6 Å². The van der Waals surface area contributed by atoms with Crippen LogP contribution in [0, 0.1) is 12.8 Å². The molecule has 1 fully saturated rings. The zero-order chi connectivity index (χ0) is 16.9. The largest absolute Gasteiger partial charge is 0.355 e. The molecule has 0 aliphatic carbocycles. The van der Waals surface area contributed by atoms with Gasteiger partial charge in [0.15, 0.2) is 6.29 Å². The number of hydrogen-bond acceptors (Lipinski definition) is 3. The zero-order valence-corrected chi connectivity index (χ0v) is 13.9. The molecule has 1 aliphatic heterocycles. The van der Waals surface area contributed by atoms with E-state index in [1.54, 1.807) is 0 Å². The number of carbonyl (C=O) groups excluding carboxylic acids is 2. The highest BCUT2D eigenvalue weighted by Crippen LogP contribution is 2.29. The van der Waals surface area contributed by atoms with Crippen LogP contribution >= 0.6 is 0 Å². The number of amides is 1. The highest BCUT2D eigenvalue weighted by atomic mass is 16.1. The van der Waals surface area contributed by atoms with E-state index in [4.69, 9.17) is 0 Å². The molecule has 1 saturated heterocycles. The first kappa shape index (κ1) is 16.5. The minimum absolute atomic E-state index is 0.123. The molecule has 24 heavy (non-hydrogen) atoms. The molecule has 0 bridgehead atoms. The van der Waals surface area contributed by atoms with Gasteiger partial charge in [0.1, 0.15) is 0 Å². The van der Waals surface area contributed by atoms with Crippen molar-refractivity contribution in [2.45, 2.75) is 19.8 Å². The molecule has 5 nitrogen and oxygen atoms in total. The Kier molecular flexibility index (Phi) is 5.11. The van der Waals surface area contributed by atoms with Crippen molar-refractivity contribution in [2.75, 3.05) is 19.6 Å². The SMILES string of the molecule is Cc1[nH]c(C=O)c(-c2ccccc2)c1C(=O)NCCC1CCNC1. The number of aldehydes is 1. The van der Waals surface area contributed by atoms with Crippen LogP contribution in [-0.4, -0.2) is 36.8 Å². The summed E-state index contributed by atoms with van der Waals surface area (Å²) in [5.74, 6) is 0.512. The van der Waals surface area contributed by atoms with Crippen LogP contribution in [0.5, 0.6) is 0 Å². The van der Waals surface area contributed by atoms with Gasteiger partial charge in [0.05, 0.1) is 11.3 Å². The van der Waals surface area contributed by atoms with Crippen LogP contribution in [0.25, 0.3) is 11.1 Å². The van der Waals surface area contributed by atoms with Crippen molar-refractivity contribution in [3.63, 3.8) is 0 Å². The number of nitrogens with one attached hydrogen (secondary N) is 3. The number of benzene rings is 1. The van der Waals surface area contributed by atoms with Crippen LogP contribution in [0.3, 0.4) is 0 Å². The van der Waals surface area contributed by atoms with Crippen molar-refractivity contribution in [1.82, 2.24) is 15.6 Å². The second-order valence-electron chi connectivity index (χ2n) is 6.30. The molecule has 3 N–H and O–H groups in total. The summed E-state index contributed by atoms with van der Waals surface area (Å²) in [6.45, 7) is 4.58. The lowest BCUT2D eigenvalue weighted by Gasteiger charge is -2.11. The Morgan fingerprint density at radius 1 is 1.33 bits per heavy atom. The summed E-state index contributed by atoms with van der Waals surface area (Å²) in [7, 11) is 0. The Hall–Kier alpha value is -2.40. The minimum atomic E-state index is -0.123. The quantitative estimate of drug-likeness (QED) is 0.715. The predicted octanol–water partition coefficient (Wildman–Crippen LogP) is 2.53. The number of aryl methyl sites for hydroxylation is 1. The monoisotopic (exact) mass is 325 g/mol. The average Bonchev–Trinajstić information content (AvgIpc) is 3.22. The normalized spacial score (nSPS) is 17.0. The van der Waals surface area contributed by atoms with Crippen molar-refractivity contribution in [3.8, 4) is 11.1 Å². The first-order valence-electron chi connectivity index (χ1n) is 8.42. The van der Waals surface area contributed by atoms with Crippen molar-refractivity contribution in [2.24, 2.45) is 5.92 Å². The topological polar surface area (TPSA) is 74.0 Å². The third-order valence-corrected chi connectivity index (χ3v) is 4.62. The van der Waals surface area contributed by atoms with E-state index in [0.29, 0.717) is 29.3 Å². The van der Waals surface area contributed by atoms with Gasteiger partial charge in [-0.1, -0.05) is 30.3 Å². The third kappa shape index (κ3) is 3.41. The van der Waals surface area contributed by atoms with Gasteiger partial charge in [-0.3, -0.25) is 9.59 Å². The first-order valence-corrected chi connectivity index (χ1v) is 8.42. The summed E-state index contributed by atoms with van der Waals surface area (Å²) in [5.41, 5.74) is 3.28. The summed E-state index contributed by atoms with van der Waals surface area (Å²) in [5, 5.41) is 6.35. The van der Waals surface area contributed by atoms with E-state index >= 15 is 0 Å². The molecule has 1 aliphatic rings. The van der Waals surface area contributed by atoms with Gasteiger partial charge in [0.25, 0.3) is 5.91 Å². The highest BCUT2D eigenvalue weighted by Gasteiger charge is 2.22. The molecule has 1 aromatic heterocycles. The molecular formula is C19H23N3O2. The molecular weight excluding hydrogens is 302 g/mol. The van der Waals surface area contributed by atoms with Gasteiger partial charge in [0.2, 0.25) is 0 Å². The third-order valence-electron chi connectivity index (χ3n) is 4.62. The molecule has 126 valence electrons. The number of H-pyrrole nitrogens is 1. The Labute approximate surface area is 141 Å². The lowest BCUT2D eigenvalue weighted by atomic mass is 9.99. The molecule has 2 aromatic rings. The second-order valence-corrected chi connectivity index (χ2v) is 6.30. The maximum Gasteiger partial charge on any atom is 0.253 e. The summed E-state index contributed by atoms with van der Waals surface area (Å²) in [6.07, 6.45) is 2.92. The van der Waals surface area contributed by atoms with Crippen molar-refractivity contribution in [1.29, 1.82) is 0 Å². The van der Waals surface area contributed by atoms with Crippen molar-refractivity contribution in [3.05, 3.63) is 47.3 Å². The molecule has 0 radical (unpaired) electrons. The fraction of sp³-hybridized carbons (Fsp3) is 0.368. The number of carbonyl (C=O) groups is 2. The van der Waals surface area contributed by atoms with E-state index < -0.39 is 0 Å². The number of rotatable bonds is 6. The predicted molar refractivity (Wildman–Crippen MR) is 94.3 cm³/mol. The highest BCUT2D eigenvalue weighted by molar-refractivity contribution is 6.06. The van der Waals surface area contributed by atoms with Crippen LogP contribution in [0.15, 0.2) is 30.3 Å². The molecule has 3 rings (SSSR count). The van der Waals surface area contributed by atoms with Crippen LogP contribution in [0.1, 0.15) is 39.4 Å². The Balaban J connectivity index is 1.80. The molecule has 1 amide bonds. The molecule has 0 spiro atoms. The molecule has 1 aromatic carbocycles. The first-order chi connectivity index (χ1) is 11.7. The number of aromatic nitrogens is 1. The van der Waals surface area contributed by atoms with E-state index in [1.165, 1.54) is 6.42 Å². The van der Waals surface area contributed by atoms with Gasteiger partial charge in [0, 0.05) is 17.8 Å². The van der Waals surface area contributed by atoms with Crippen LogP contribution in [0.4, 0.5) is 0 Å². The lowest BCUT2D eigenvalue weighted by Crippen LogP contribution is -2.27.